The Morgan fingerprint density at radius 2 is 2.00 bits per heavy atom. The topological polar surface area (TPSA) is 68.3 Å². The zero-order valence-electron chi connectivity index (χ0n) is 11.9. The number of rotatable bonds is 7. The van der Waals surface area contributed by atoms with E-state index in [0.29, 0.717) is 10.9 Å². The normalized spacial score (nSPS) is 11.8. The summed E-state index contributed by atoms with van der Waals surface area (Å²) < 4.78 is 31.6. The quantitative estimate of drug-likeness (QED) is 0.849. The molecular weight excluding hydrogens is 308 g/mol. The lowest BCUT2D eigenvalue weighted by molar-refractivity contribution is 0.478. The van der Waals surface area contributed by atoms with E-state index in [1.165, 1.54) is 11.3 Å². The van der Waals surface area contributed by atoms with Crippen molar-refractivity contribution >= 4 is 21.4 Å². The van der Waals surface area contributed by atoms with Crippen LogP contribution in [-0.2, 0) is 16.6 Å². The van der Waals surface area contributed by atoms with Gasteiger partial charge in [-0.15, -0.1) is 0 Å². The van der Waals surface area contributed by atoms with Gasteiger partial charge in [-0.1, -0.05) is 37.3 Å². The van der Waals surface area contributed by atoms with Crippen molar-refractivity contribution in [3.63, 3.8) is 0 Å². The van der Waals surface area contributed by atoms with Crippen LogP contribution in [0.4, 0.5) is 0 Å². The molecule has 0 unspecified atom stereocenters. The van der Waals surface area contributed by atoms with E-state index in [1.807, 2.05) is 31.4 Å². The maximum Gasteiger partial charge on any atom is 0.278 e. The van der Waals surface area contributed by atoms with Crippen molar-refractivity contribution in [3.8, 4) is 10.9 Å². The molecule has 0 aliphatic carbocycles. The molecule has 0 spiro atoms. The summed E-state index contributed by atoms with van der Waals surface area (Å²) in [4.78, 5) is 4.03. The van der Waals surface area contributed by atoms with Crippen LogP contribution in [-0.4, -0.2) is 19.2 Å². The third-order valence-corrected chi connectivity index (χ3v) is 4.92. The van der Waals surface area contributed by atoms with Crippen LogP contribution < -0.4 is 9.46 Å². The third kappa shape index (κ3) is 5.45. The molecule has 0 radical (unpaired) electrons. The first-order chi connectivity index (χ1) is 9.94. The molecule has 2 aromatic rings. The molecule has 21 heavy (non-hydrogen) atoms. The highest BCUT2D eigenvalue weighted by molar-refractivity contribution is 7.89. The molecule has 5 nitrogen and oxygen atoms in total. The number of hydrogen-bond acceptors (Lipinski definition) is 5. The highest BCUT2D eigenvalue weighted by Gasteiger charge is 2.12. The van der Waals surface area contributed by atoms with E-state index in [4.69, 9.17) is 4.74 Å². The lowest BCUT2D eigenvalue weighted by atomic mass is 10.2. The van der Waals surface area contributed by atoms with Crippen LogP contribution in [0, 0.1) is 5.92 Å². The van der Waals surface area contributed by atoms with Crippen molar-refractivity contribution in [2.45, 2.75) is 20.4 Å². The largest absolute Gasteiger partial charge is 0.431 e. The van der Waals surface area contributed by atoms with Gasteiger partial charge in [0.05, 0.1) is 5.75 Å². The molecule has 7 heteroatoms. The molecule has 1 aromatic carbocycles. The molecule has 2 rings (SSSR count). The minimum absolute atomic E-state index is 0.108. The van der Waals surface area contributed by atoms with Crippen molar-refractivity contribution in [1.82, 2.24) is 9.71 Å². The standard InChI is InChI=1S/C14H18N2O3S2/c1-11(2)10-21(17,18)16-9-12-3-5-13(6-4-12)19-14-15-7-8-20-14/h3-8,11,16H,9-10H2,1-2H3. The maximum atomic E-state index is 11.8. The minimum Gasteiger partial charge on any atom is -0.431 e. The fourth-order valence-corrected chi connectivity index (χ4v) is 3.61. The Hall–Kier alpha value is -1.44. The second-order valence-corrected chi connectivity index (χ2v) is 7.75. The molecule has 0 aliphatic heterocycles. The van der Waals surface area contributed by atoms with Gasteiger partial charge >= 0.3 is 0 Å². The molecule has 0 fully saturated rings. The van der Waals surface area contributed by atoms with Crippen LogP contribution in [0.1, 0.15) is 19.4 Å². The summed E-state index contributed by atoms with van der Waals surface area (Å²) in [6.07, 6.45) is 1.68. The zero-order valence-corrected chi connectivity index (χ0v) is 13.6. The average molecular weight is 326 g/mol. The van der Waals surface area contributed by atoms with Crippen LogP contribution in [0.25, 0.3) is 0 Å². The number of nitrogens with one attached hydrogen (secondary N) is 1. The highest BCUT2D eigenvalue weighted by atomic mass is 32.2. The summed E-state index contributed by atoms with van der Waals surface area (Å²) in [5.74, 6) is 0.924. The molecule has 0 bridgehead atoms. The van der Waals surface area contributed by atoms with Crippen molar-refractivity contribution in [3.05, 3.63) is 41.4 Å². The van der Waals surface area contributed by atoms with E-state index in [1.54, 1.807) is 18.3 Å². The number of ether oxygens (including phenoxy) is 1. The molecule has 0 saturated carbocycles. The molecule has 0 saturated heterocycles. The minimum atomic E-state index is -3.22. The number of sulfonamides is 1. The summed E-state index contributed by atoms with van der Waals surface area (Å²) in [5, 5.41) is 2.42. The molecule has 0 atom stereocenters. The second kappa shape index (κ2) is 7.02. The van der Waals surface area contributed by atoms with E-state index in [9.17, 15) is 8.42 Å². The first-order valence-electron chi connectivity index (χ1n) is 6.58. The van der Waals surface area contributed by atoms with Gasteiger partial charge < -0.3 is 4.74 Å². The molecule has 114 valence electrons. The van der Waals surface area contributed by atoms with E-state index in [0.717, 1.165) is 5.56 Å². The molecule has 0 aliphatic rings. The van der Waals surface area contributed by atoms with E-state index in [-0.39, 0.29) is 18.2 Å². The van der Waals surface area contributed by atoms with E-state index >= 15 is 0 Å². The van der Waals surface area contributed by atoms with Gasteiger partial charge in [0, 0.05) is 18.1 Å². The van der Waals surface area contributed by atoms with Crippen molar-refractivity contribution < 1.29 is 13.2 Å². The summed E-state index contributed by atoms with van der Waals surface area (Å²) >= 11 is 1.42. The van der Waals surface area contributed by atoms with Gasteiger partial charge in [0.1, 0.15) is 5.75 Å². The van der Waals surface area contributed by atoms with Gasteiger partial charge in [-0.3, -0.25) is 0 Å². The Morgan fingerprint density at radius 1 is 1.29 bits per heavy atom. The predicted molar refractivity (Wildman–Crippen MR) is 84.1 cm³/mol. The van der Waals surface area contributed by atoms with E-state index in [2.05, 4.69) is 9.71 Å². The molecule has 1 heterocycles. The lowest BCUT2D eigenvalue weighted by Crippen LogP contribution is -2.28. The van der Waals surface area contributed by atoms with Crippen LogP contribution >= 0.6 is 11.3 Å². The van der Waals surface area contributed by atoms with Crippen molar-refractivity contribution in [2.75, 3.05) is 5.75 Å². The van der Waals surface area contributed by atoms with Crippen LogP contribution in [0.5, 0.6) is 10.9 Å². The number of hydrogen-bond donors (Lipinski definition) is 1. The third-order valence-electron chi connectivity index (χ3n) is 2.59. The Labute approximate surface area is 129 Å². The number of nitrogens with zero attached hydrogens (tertiary/aromatic N) is 1. The Morgan fingerprint density at radius 3 is 2.57 bits per heavy atom. The van der Waals surface area contributed by atoms with Gasteiger partial charge in [0.2, 0.25) is 10.0 Å². The van der Waals surface area contributed by atoms with E-state index < -0.39 is 10.0 Å². The molecule has 0 amide bonds. The monoisotopic (exact) mass is 326 g/mol. The number of thiazole rings is 1. The van der Waals surface area contributed by atoms with Crippen LogP contribution in [0.15, 0.2) is 35.8 Å². The van der Waals surface area contributed by atoms with Crippen molar-refractivity contribution in [2.24, 2.45) is 5.92 Å². The Balaban J connectivity index is 1.91. The fourth-order valence-electron chi connectivity index (χ4n) is 1.73. The Bertz CT molecular complexity index is 650. The predicted octanol–water partition coefficient (Wildman–Crippen LogP) is 3.01. The summed E-state index contributed by atoms with van der Waals surface area (Å²) in [6, 6.07) is 7.27. The first-order valence-corrected chi connectivity index (χ1v) is 9.11. The van der Waals surface area contributed by atoms with Gasteiger partial charge in [-0.2, -0.15) is 0 Å². The summed E-state index contributed by atoms with van der Waals surface area (Å²) in [6.45, 7) is 4.04. The Kier molecular flexibility index (Phi) is 5.33. The molecule has 1 aromatic heterocycles. The molecule has 1 N–H and O–H groups in total. The highest BCUT2D eigenvalue weighted by Crippen LogP contribution is 2.23. The van der Waals surface area contributed by atoms with Crippen molar-refractivity contribution in [1.29, 1.82) is 0 Å². The van der Waals surface area contributed by atoms with Gasteiger partial charge in [0.15, 0.2) is 0 Å². The molecular formula is C14H18N2O3S2. The van der Waals surface area contributed by atoms with Gasteiger partial charge in [-0.05, 0) is 23.6 Å². The second-order valence-electron chi connectivity index (χ2n) is 5.04. The van der Waals surface area contributed by atoms with Gasteiger partial charge in [0.25, 0.3) is 5.19 Å². The summed E-state index contributed by atoms with van der Waals surface area (Å²) in [7, 11) is -3.22. The lowest BCUT2D eigenvalue weighted by Gasteiger charge is -2.09. The number of aromatic nitrogens is 1. The van der Waals surface area contributed by atoms with Crippen LogP contribution in [0.2, 0.25) is 0 Å². The SMILES string of the molecule is CC(C)CS(=O)(=O)NCc1ccc(Oc2nccs2)cc1. The summed E-state index contributed by atoms with van der Waals surface area (Å²) in [5.41, 5.74) is 0.883. The average Bonchev–Trinajstić information content (AvgIpc) is 2.89. The van der Waals surface area contributed by atoms with Crippen LogP contribution in [0.3, 0.4) is 0 Å². The zero-order chi connectivity index (χ0) is 15.3. The van der Waals surface area contributed by atoms with Gasteiger partial charge in [-0.25, -0.2) is 18.1 Å². The number of benzene rings is 1. The maximum absolute atomic E-state index is 11.8. The fraction of sp³-hybridized carbons (Fsp3) is 0.357. The smallest absolute Gasteiger partial charge is 0.278 e. The first kappa shape index (κ1) is 15.9.